The topological polar surface area (TPSA) is 154 Å². The van der Waals surface area contributed by atoms with Crippen LogP contribution in [-0.2, 0) is 13.8 Å². The van der Waals surface area contributed by atoms with Gasteiger partial charge in [-0.25, -0.2) is 18.7 Å². The first-order chi connectivity index (χ1) is 12.8. The van der Waals surface area contributed by atoms with Gasteiger partial charge in [-0.1, -0.05) is 5.92 Å². The molecule has 12 heteroatoms. The number of imidazole rings is 1. The summed E-state index contributed by atoms with van der Waals surface area (Å²) in [5.74, 6) is 5.19. The number of hydrogen-bond acceptors (Lipinski definition) is 7. The number of aromatic amines is 1. The molecule has 11 nitrogen and oxygen atoms in total. The van der Waals surface area contributed by atoms with Crippen molar-refractivity contribution in [3.8, 4) is 11.8 Å². The van der Waals surface area contributed by atoms with E-state index in [0.29, 0.717) is 0 Å². The number of ether oxygens (including phenoxy) is 1. The summed E-state index contributed by atoms with van der Waals surface area (Å²) in [7, 11) is -4.09. The second-order valence-corrected chi connectivity index (χ2v) is 7.56. The lowest BCUT2D eigenvalue weighted by molar-refractivity contribution is -0.0253. The van der Waals surface area contributed by atoms with Crippen molar-refractivity contribution in [2.45, 2.75) is 31.7 Å². The Kier molecular flexibility index (Phi) is 5.46. The standard InChI is InChI=1S/C15H18N5O6P/c1-2-3-10-7-20(15(22)18-13(10)21)14-12(16)6-11(26-14)8-25-27(23,24)19-5-4-17-9-19/h4-5,7,9,11-12,14H,6,8,16H2,1H3,(H,23,24)(H,18,21,22)/t11-,12+,14+/m0/s1. The first kappa shape index (κ1) is 19.3. The molecule has 0 aliphatic carbocycles. The van der Waals surface area contributed by atoms with Gasteiger partial charge in [-0.05, 0) is 13.3 Å². The van der Waals surface area contributed by atoms with Gasteiger partial charge in [-0.3, -0.25) is 18.9 Å². The van der Waals surface area contributed by atoms with Crippen LogP contribution in [0.2, 0.25) is 0 Å². The summed E-state index contributed by atoms with van der Waals surface area (Å²) >= 11 is 0. The summed E-state index contributed by atoms with van der Waals surface area (Å²) in [6.45, 7) is 1.35. The molecule has 3 rings (SSSR count). The Labute approximate surface area is 153 Å². The van der Waals surface area contributed by atoms with Crippen molar-refractivity contribution in [2.24, 2.45) is 5.73 Å². The van der Waals surface area contributed by atoms with E-state index in [-0.39, 0.29) is 18.6 Å². The smallest absolute Gasteiger partial charge is 0.350 e. The van der Waals surface area contributed by atoms with Crippen molar-refractivity contribution in [2.75, 3.05) is 6.61 Å². The minimum atomic E-state index is -4.09. The molecule has 0 saturated carbocycles. The van der Waals surface area contributed by atoms with Crippen LogP contribution in [-0.4, -0.2) is 42.5 Å². The summed E-state index contributed by atoms with van der Waals surface area (Å²) in [5.41, 5.74) is 4.87. The molecule has 0 spiro atoms. The molecule has 3 heterocycles. The molecule has 27 heavy (non-hydrogen) atoms. The fourth-order valence-electron chi connectivity index (χ4n) is 2.70. The zero-order valence-corrected chi connectivity index (χ0v) is 15.2. The van der Waals surface area contributed by atoms with Crippen LogP contribution < -0.4 is 17.0 Å². The number of aromatic nitrogens is 4. The van der Waals surface area contributed by atoms with E-state index < -0.39 is 37.4 Å². The van der Waals surface area contributed by atoms with E-state index in [1.807, 2.05) is 0 Å². The summed E-state index contributed by atoms with van der Waals surface area (Å²) in [5, 5.41) is 0. The average Bonchev–Trinajstić information content (AvgIpc) is 3.26. The van der Waals surface area contributed by atoms with Gasteiger partial charge in [0.1, 0.15) is 11.9 Å². The Morgan fingerprint density at radius 3 is 3.00 bits per heavy atom. The van der Waals surface area contributed by atoms with Crippen molar-refractivity contribution < 1.29 is 18.7 Å². The van der Waals surface area contributed by atoms with Crippen LogP contribution in [0.15, 0.2) is 34.5 Å². The number of rotatable bonds is 5. The zero-order valence-electron chi connectivity index (χ0n) is 14.3. The van der Waals surface area contributed by atoms with Gasteiger partial charge in [0.15, 0.2) is 6.23 Å². The number of hydrogen-bond donors (Lipinski definition) is 3. The van der Waals surface area contributed by atoms with Gasteiger partial charge in [0, 0.05) is 18.6 Å². The average molecular weight is 395 g/mol. The second-order valence-electron chi connectivity index (χ2n) is 5.86. The highest BCUT2D eigenvalue weighted by atomic mass is 31.2. The van der Waals surface area contributed by atoms with Crippen LogP contribution in [0.25, 0.3) is 0 Å². The van der Waals surface area contributed by atoms with E-state index in [1.54, 1.807) is 6.92 Å². The van der Waals surface area contributed by atoms with Crippen molar-refractivity contribution in [1.82, 2.24) is 18.9 Å². The van der Waals surface area contributed by atoms with Gasteiger partial charge in [-0.2, -0.15) is 0 Å². The third-order valence-electron chi connectivity index (χ3n) is 3.95. The van der Waals surface area contributed by atoms with E-state index in [4.69, 9.17) is 15.0 Å². The Hall–Kier alpha value is -2.48. The molecule has 1 saturated heterocycles. The van der Waals surface area contributed by atoms with Crippen LogP contribution in [0.4, 0.5) is 0 Å². The van der Waals surface area contributed by atoms with Gasteiger partial charge >= 0.3 is 13.4 Å². The molecule has 1 aliphatic rings. The predicted molar refractivity (Wildman–Crippen MR) is 93.8 cm³/mol. The molecule has 0 amide bonds. The highest BCUT2D eigenvalue weighted by Gasteiger charge is 2.36. The molecule has 0 aromatic carbocycles. The first-order valence-electron chi connectivity index (χ1n) is 7.97. The van der Waals surface area contributed by atoms with Gasteiger partial charge < -0.3 is 15.4 Å². The summed E-state index contributed by atoms with van der Waals surface area (Å²) in [4.78, 5) is 39.6. The largest absolute Gasteiger partial charge is 0.437 e. The van der Waals surface area contributed by atoms with Crippen LogP contribution in [0, 0.1) is 11.8 Å². The van der Waals surface area contributed by atoms with Crippen LogP contribution >= 0.6 is 7.75 Å². The predicted octanol–water partition coefficient (Wildman–Crippen LogP) is -0.615. The van der Waals surface area contributed by atoms with E-state index in [0.717, 1.165) is 8.90 Å². The molecule has 4 N–H and O–H groups in total. The third kappa shape index (κ3) is 4.10. The van der Waals surface area contributed by atoms with Gasteiger partial charge in [0.2, 0.25) is 0 Å². The molecule has 0 radical (unpaired) electrons. The number of nitrogens with one attached hydrogen (secondary N) is 1. The lowest BCUT2D eigenvalue weighted by Gasteiger charge is -2.19. The van der Waals surface area contributed by atoms with Crippen molar-refractivity contribution in [1.29, 1.82) is 0 Å². The molecule has 2 aromatic rings. The Balaban J connectivity index is 1.74. The number of H-pyrrole nitrogens is 1. The Morgan fingerprint density at radius 2 is 2.33 bits per heavy atom. The molecule has 1 aliphatic heterocycles. The normalized spacial score (nSPS) is 24.2. The molecule has 2 aromatic heterocycles. The molecule has 1 unspecified atom stereocenters. The Bertz CT molecular complexity index is 1030. The minimum Gasteiger partial charge on any atom is -0.350 e. The monoisotopic (exact) mass is 395 g/mol. The van der Waals surface area contributed by atoms with Gasteiger partial charge in [0.05, 0.1) is 18.8 Å². The van der Waals surface area contributed by atoms with E-state index >= 15 is 0 Å². The van der Waals surface area contributed by atoms with Gasteiger partial charge in [-0.15, -0.1) is 5.92 Å². The molecule has 0 bridgehead atoms. The molecular weight excluding hydrogens is 377 g/mol. The molecule has 4 atom stereocenters. The summed E-state index contributed by atoms with van der Waals surface area (Å²) < 4.78 is 25.0. The highest BCUT2D eigenvalue weighted by molar-refractivity contribution is 7.51. The fraction of sp³-hybridized carbons (Fsp3) is 0.400. The summed E-state index contributed by atoms with van der Waals surface area (Å²) in [6, 6.07) is -0.587. The van der Waals surface area contributed by atoms with Crippen LogP contribution in [0.1, 0.15) is 25.1 Å². The minimum absolute atomic E-state index is 0.104. The van der Waals surface area contributed by atoms with Crippen molar-refractivity contribution in [3.05, 3.63) is 51.3 Å². The van der Waals surface area contributed by atoms with Gasteiger partial charge in [0.25, 0.3) is 5.56 Å². The Morgan fingerprint density at radius 1 is 1.56 bits per heavy atom. The number of nitrogens with two attached hydrogens (primary N) is 1. The fourth-order valence-corrected chi connectivity index (χ4v) is 3.61. The van der Waals surface area contributed by atoms with Crippen LogP contribution in [0.5, 0.6) is 0 Å². The highest BCUT2D eigenvalue weighted by Crippen LogP contribution is 2.44. The quantitative estimate of drug-likeness (QED) is 0.447. The van der Waals surface area contributed by atoms with Crippen molar-refractivity contribution >= 4 is 7.75 Å². The first-order valence-corrected chi connectivity index (χ1v) is 9.50. The SMILES string of the molecule is CC#Cc1cn([C@@H]2O[C@H](COP(=O)(O)n3ccnc3)C[C@H]2N)c(=O)[nH]c1=O. The molecular formula is C15H18N5O6P. The second kappa shape index (κ2) is 7.64. The van der Waals surface area contributed by atoms with E-state index in [1.165, 1.54) is 24.9 Å². The maximum absolute atomic E-state index is 12.1. The zero-order chi connectivity index (χ0) is 19.6. The molecule has 1 fully saturated rings. The lowest BCUT2D eigenvalue weighted by atomic mass is 10.2. The van der Waals surface area contributed by atoms with Crippen LogP contribution in [0.3, 0.4) is 0 Å². The summed E-state index contributed by atoms with van der Waals surface area (Å²) in [6.07, 6.45) is 3.91. The number of nitrogens with zero attached hydrogens (tertiary/aromatic N) is 3. The third-order valence-corrected chi connectivity index (χ3v) is 5.25. The van der Waals surface area contributed by atoms with E-state index in [2.05, 4.69) is 21.8 Å². The lowest BCUT2D eigenvalue weighted by Crippen LogP contribution is -2.39. The maximum Gasteiger partial charge on any atom is 0.437 e. The van der Waals surface area contributed by atoms with E-state index in [9.17, 15) is 19.0 Å². The van der Waals surface area contributed by atoms with Crippen molar-refractivity contribution in [3.63, 3.8) is 0 Å². The maximum atomic E-state index is 12.1. The molecule has 144 valence electrons.